The zero-order valence-electron chi connectivity index (χ0n) is 17.1. The maximum atomic E-state index is 12.1. The zero-order chi connectivity index (χ0) is 20.7. The van der Waals surface area contributed by atoms with E-state index < -0.39 is 11.4 Å². The fourth-order valence-corrected chi connectivity index (χ4v) is 4.35. The third kappa shape index (κ3) is 4.82. The molecule has 0 N–H and O–H groups in total. The second-order valence-electron chi connectivity index (χ2n) is 8.15. The van der Waals surface area contributed by atoms with Gasteiger partial charge in [0.15, 0.2) is 5.82 Å². The molecular weight excluding hydrogens is 362 g/mol. The van der Waals surface area contributed by atoms with Crippen molar-refractivity contribution in [1.29, 1.82) is 5.26 Å². The molecule has 0 amide bonds. The fraction of sp³-hybridized carbons (Fsp3) is 0.500. The summed E-state index contributed by atoms with van der Waals surface area (Å²) in [6.07, 6.45) is 12.5. The minimum absolute atomic E-state index is 0.524. The third-order valence-corrected chi connectivity index (χ3v) is 6.29. The third-order valence-electron chi connectivity index (χ3n) is 6.29. The van der Waals surface area contributed by atoms with Crippen molar-refractivity contribution in [1.82, 2.24) is 9.97 Å². The molecule has 1 aliphatic rings. The van der Waals surface area contributed by atoms with Crippen LogP contribution in [-0.2, 0) is 10.2 Å². The van der Waals surface area contributed by atoms with Crippen LogP contribution in [-0.4, -0.2) is 15.9 Å². The highest BCUT2D eigenvalue weighted by atomic mass is 16.4. The van der Waals surface area contributed by atoms with Crippen LogP contribution < -0.4 is 5.11 Å². The van der Waals surface area contributed by atoms with E-state index in [9.17, 15) is 9.90 Å². The van der Waals surface area contributed by atoms with Crippen molar-refractivity contribution in [3.05, 3.63) is 47.8 Å². The highest BCUT2D eigenvalue weighted by Gasteiger charge is 2.38. The van der Waals surface area contributed by atoms with Gasteiger partial charge in [-0.3, -0.25) is 0 Å². The molecule has 3 rings (SSSR count). The lowest BCUT2D eigenvalue weighted by Crippen LogP contribution is -2.48. The van der Waals surface area contributed by atoms with E-state index in [-0.39, 0.29) is 0 Å². The van der Waals surface area contributed by atoms with Crippen molar-refractivity contribution >= 4 is 5.97 Å². The Morgan fingerprint density at radius 1 is 1.14 bits per heavy atom. The predicted octanol–water partition coefficient (Wildman–Crippen LogP) is 4.16. The predicted molar refractivity (Wildman–Crippen MR) is 110 cm³/mol. The monoisotopic (exact) mass is 390 g/mol. The van der Waals surface area contributed by atoms with E-state index in [0.29, 0.717) is 35.7 Å². The maximum absolute atomic E-state index is 12.1. The largest absolute Gasteiger partial charge is 0.549 e. The van der Waals surface area contributed by atoms with E-state index in [1.54, 1.807) is 36.7 Å². The van der Waals surface area contributed by atoms with Crippen LogP contribution in [0, 0.1) is 17.2 Å². The average Bonchev–Trinajstić information content (AvgIpc) is 2.77. The first-order chi connectivity index (χ1) is 14.1. The van der Waals surface area contributed by atoms with Gasteiger partial charge in [-0.2, -0.15) is 5.26 Å². The van der Waals surface area contributed by atoms with E-state index in [4.69, 9.17) is 5.26 Å². The van der Waals surface area contributed by atoms with Crippen LogP contribution in [0.1, 0.15) is 75.8 Å². The molecule has 2 aromatic rings. The number of carbonyl (C=O) groups is 1. The molecule has 0 spiro atoms. The Morgan fingerprint density at radius 2 is 1.79 bits per heavy atom. The second kappa shape index (κ2) is 9.65. The summed E-state index contributed by atoms with van der Waals surface area (Å²) in [6, 6.07) is 9.12. The van der Waals surface area contributed by atoms with Crippen LogP contribution in [0.2, 0.25) is 0 Å². The fourth-order valence-electron chi connectivity index (χ4n) is 4.35. The Morgan fingerprint density at radius 3 is 2.34 bits per heavy atom. The molecule has 5 nitrogen and oxygen atoms in total. The van der Waals surface area contributed by atoms with Gasteiger partial charge in [-0.15, -0.1) is 0 Å². The van der Waals surface area contributed by atoms with Gasteiger partial charge in [-0.05, 0) is 55.9 Å². The summed E-state index contributed by atoms with van der Waals surface area (Å²) >= 11 is 0. The van der Waals surface area contributed by atoms with Crippen LogP contribution in [0.25, 0.3) is 11.4 Å². The summed E-state index contributed by atoms with van der Waals surface area (Å²) < 4.78 is 0. The van der Waals surface area contributed by atoms with Crippen LogP contribution >= 0.6 is 0 Å². The lowest BCUT2D eigenvalue weighted by atomic mass is 9.66. The first-order valence-electron chi connectivity index (χ1n) is 10.6. The molecule has 0 radical (unpaired) electrons. The first-order valence-corrected chi connectivity index (χ1v) is 10.6. The number of carboxylic acid groups (broad SMARTS) is 1. The first kappa shape index (κ1) is 21.0. The van der Waals surface area contributed by atoms with E-state index in [1.807, 2.05) is 0 Å². The number of carboxylic acids is 1. The molecule has 0 bridgehead atoms. The Bertz CT molecular complexity index is 845. The van der Waals surface area contributed by atoms with Crippen molar-refractivity contribution in [2.45, 2.75) is 70.1 Å². The normalized spacial score (nSPS) is 21.4. The van der Waals surface area contributed by atoms with Crippen LogP contribution in [0.15, 0.2) is 36.7 Å². The number of nitriles is 1. The molecule has 1 heterocycles. The zero-order valence-corrected chi connectivity index (χ0v) is 17.1. The maximum Gasteiger partial charge on any atom is 0.159 e. The topological polar surface area (TPSA) is 89.7 Å². The Labute approximate surface area is 172 Å². The van der Waals surface area contributed by atoms with Crippen molar-refractivity contribution in [2.24, 2.45) is 5.92 Å². The van der Waals surface area contributed by atoms with Crippen molar-refractivity contribution < 1.29 is 9.90 Å². The minimum Gasteiger partial charge on any atom is -0.549 e. The van der Waals surface area contributed by atoms with E-state index in [2.05, 4.69) is 23.0 Å². The number of carbonyl (C=O) groups excluding carboxylic acids is 1. The van der Waals surface area contributed by atoms with Crippen molar-refractivity contribution in [2.75, 3.05) is 0 Å². The molecule has 29 heavy (non-hydrogen) atoms. The van der Waals surface area contributed by atoms with Gasteiger partial charge in [0.2, 0.25) is 0 Å². The molecule has 0 saturated heterocycles. The molecule has 1 saturated carbocycles. The Kier molecular flexibility index (Phi) is 6.98. The summed E-state index contributed by atoms with van der Waals surface area (Å²) in [5, 5.41) is 21.0. The van der Waals surface area contributed by atoms with Gasteiger partial charge in [-0.1, -0.05) is 39.0 Å². The SMILES string of the molecule is CCCCCCC1CCC(C(=O)[O-])(c2cnc(-c3ccc(C#N)cc3)nc2)CC1. The van der Waals surface area contributed by atoms with Crippen LogP contribution in [0.5, 0.6) is 0 Å². The molecule has 1 aliphatic carbocycles. The molecule has 152 valence electrons. The number of benzene rings is 1. The van der Waals surface area contributed by atoms with Crippen molar-refractivity contribution in [3.63, 3.8) is 0 Å². The van der Waals surface area contributed by atoms with Gasteiger partial charge in [0.1, 0.15) is 0 Å². The van der Waals surface area contributed by atoms with Gasteiger partial charge in [0.25, 0.3) is 0 Å². The number of unbranched alkanes of at least 4 members (excludes halogenated alkanes) is 3. The molecule has 1 aromatic carbocycles. The highest BCUT2D eigenvalue weighted by molar-refractivity contribution is 5.79. The Hall–Kier alpha value is -2.74. The number of hydrogen-bond acceptors (Lipinski definition) is 5. The molecule has 1 fully saturated rings. The number of aromatic nitrogens is 2. The standard InChI is InChI=1S/C24H29N3O2/c1-2-3-4-5-6-18-11-13-24(14-12-18,23(28)29)21-16-26-22(27-17-21)20-9-7-19(15-25)8-10-20/h7-10,16-18H,2-6,11-14H2,1H3,(H,28,29)/p-1. The van der Waals surface area contributed by atoms with Gasteiger partial charge in [0.05, 0.1) is 17.6 Å². The van der Waals surface area contributed by atoms with E-state index in [1.165, 1.54) is 32.1 Å². The van der Waals surface area contributed by atoms with Gasteiger partial charge < -0.3 is 9.90 Å². The van der Waals surface area contributed by atoms with Gasteiger partial charge >= 0.3 is 0 Å². The average molecular weight is 391 g/mol. The van der Waals surface area contributed by atoms with Crippen LogP contribution in [0.3, 0.4) is 0 Å². The lowest BCUT2D eigenvalue weighted by Gasteiger charge is -2.41. The van der Waals surface area contributed by atoms with E-state index in [0.717, 1.165) is 18.4 Å². The van der Waals surface area contributed by atoms with Crippen LogP contribution in [0.4, 0.5) is 0 Å². The number of nitrogens with zero attached hydrogens (tertiary/aromatic N) is 3. The van der Waals surface area contributed by atoms with Gasteiger partial charge in [-0.25, -0.2) is 9.97 Å². The van der Waals surface area contributed by atoms with Gasteiger partial charge in [0, 0.05) is 28.9 Å². The molecule has 0 atom stereocenters. The molecular formula is C24H28N3O2-. The molecule has 5 heteroatoms. The number of aliphatic carboxylic acids is 1. The van der Waals surface area contributed by atoms with Crippen molar-refractivity contribution in [3.8, 4) is 17.5 Å². The molecule has 0 aliphatic heterocycles. The van der Waals surface area contributed by atoms with E-state index >= 15 is 0 Å². The highest BCUT2D eigenvalue weighted by Crippen LogP contribution is 2.42. The Balaban J connectivity index is 1.69. The summed E-state index contributed by atoms with van der Waals surface area (Å²) in [6.45, 7) is 2.21. The lowest BCUT2D eigenvalue weighted by molar-refractivity contribution is -0.315. The second-order valence-corrected chi connectivity index (χ2v) is 8.15. The minimum atomic E-state index is -1.02. The number of hydrogen-bond donors (Lipinski definition) is 0. The smallest absolute Gasteiger partial charge is 0.159 e. The summed E-state index contributed by atoms with van der Waals surface area (Å²) in [5.74, 6) is 0.117. The molecule has 1 aromatic heterocycles. The number of rotatable bonds is 8. The summed E-state index contributed by atoms with van der Waals surface area (Å²) in [5.41, 5.74) is 1.03. The molecule has 0 unspecified atom stereocenters. The quantitative estimate of drug-likeness (QED) is 0.631. The summed E-state index contributed by atoms with van der Waals surface area (Å²) in [4.78, 5) is 20.9. The summed E-state index contributed by atoms with van der Waals surface area (Å²) in [7, 11) is 0.